The Kier molecular flexibility index (Phi) is 3.82. The molecule has 1 aromatic carbocycles. The van der Waals surface area contributed by atoms with Crippen molar-refractivity contribution in [1.29, 1.82) is 0 Å². The van der Waals surface area contributed by atoms with E-state index in [0.717, 1.165) is 22.3 Å². The first kappa shape index (κ1) is 12.6. The zero-order valence-corrected chi connectivity index (χ0v) is 11.4. The van der Waals surface area contributed by atoms with Crippen molar-refractivity contribution in [1.82, 2.24) is 0 Å². The quantitative estimate of drug-likeness (QED) is 0.808. The summed E-state index contributed by atoms with van der Waals surface area (Å²) in [7, 11) is 2.13. The Balaban J connectivity index is 2.18. The highest BCUT2D eigenvalue weighted by atomic mass is 35.5. The van der Waals surface area contributed by atoms with Crippen LogP contribution in [0.15, 0.2) is 18.2 Å². The fourth-order valence-electron chi connectivity index (χ4n) is 2.77. The Bertz CT molecular complexity index is 392. The number of rotatable bonds is 2. The number of hydrogen-bond donors (Lipinski definition) is 1. The van der Waals surface area contributed by atoms with Gasteiger partial charge in [0, 0.05) is 18.1 Å². The Morgan fingerprint density at radius 2 is 2.12 bits per heavy atom. The molecule has 94 valence electrons. The maximum atomic E-state index is 6.05. The summed E-state index contributed by atoms with van der Waals surface area (Å²) in [5.74, 6) is 0.816. The fraction of sp³-hybridized carbons (Fsp3) is 0.571. The molecule has 0 radical (unpaired) electrons. The second-order valence-corrected chi connectivity index (χ2v) is 5.68. The minimum absolute atomic E-state index is 0.597. The minimum Gasteiger partial charge on any atom is -0.397 e. The Morgan fingerprint density at radius 1 is 1.35 bits per heavy atom. The highest BCUT2D eigenvalue weighted by molar-refractivity contribution is 6.31. The first-order chi connectivity index (χ1) is 8.08. The maximum absolute atomic E-state index is 6.05. The van der Waals surface area contributed by atoms with Crippen LogP contribution in [-0.2, 0) is 0 Å². The molecule has 1 fully saturated rings. The lowest BCUT2D eigenvalue weighted by Crippen LogP contribution is -2.35. The van der Waals surface area contributed by atoms with Crippen molar-refractivity contribution in [3.8, 4) is 0 Å². The van der Waals surface area contributed by atoms with Gasteiger partial charge in [0.15, 0.2) is 0 Å². The molecular formula is C14H21ClN2. The highest BCUT2D eigenvalue weighted by Crippen LogP contribution is 2.33. The van der Waals surface area contributed by atoms with Crippen molar-refractivity contribution in [2.24, 2.45) is 5.92 Å². The molecule has 0 bridgehead atoms. The van der Waals surface area contributed by atoms with Crippen molar-refractivity contribution in [3.05, 3.63) is 23.2 Å². The van der Waals surface area contributed by atoms with E-state index in [2.05, 4.69) is 18.9 Å². The topological polar surface area (TPSA) is 29.3 Å². The van der Waals surface area contributed by atoms with Gasteiger partial charge in [-0.3, -0.25) is 0 Å². The summed E-state index contributed by atoms with van der Waals surface area (Å²) in [6.45, 7) is 2.33. The molecule has 2 atom stereocenters. The van der Waals surface area contributed by atoms with E-state index in [0.29, 0.717) is 6.04 Å². The van der Waals surface area contributed by atoms with Crippen molar-refractivity contribution >= 4 is 23.0 Å². The van der Waals surface area contributed by atoms with E-state index in [4.69, 9.17) is 17.3 Å². The maximum Gasteiger partial charge on any atom is 0.0614 e. The standard InChI is InChI=1S/C14H21ClN2/c1-10-4-3-5-12(8-10)17(2)14-9-11(15)6-7-13(14)16/h6-7,9-10,12H,3-5,8,16H2,1-2H3. The van der Waals surface area contributed by atoms with Crippen LogP contribution in [0.3, 0.4) is 0 Å². The predicted molar refractivity (Wildman–Crippen MR) is 75.7 cm³/mol. The largest absolute Gasteiger partial charge is 0.397 e. The first-order valence-corrected chi connectivity index (χ1v) is 6.73. The van der Waals surface area contributed by atoms with Crippen LogP contribution in [0.1, 0.15) is 32.6 Å². The summed E-state index contributed by atoms with van der Waals surface area (Å²) < 4.78 is 0. The lowest BCUT2D eigenvalue weighted by molar-refractivity contribution is 0.336. The number of nitrogens with two attached hydrogens (primary N) is 1. The lowest BCUT2D eigenvalue weighted by Gasteiger charge is -2.36. The van der Waals surface area contributed by atoms with Gasteiger partial charge in [0.1, 0.15) is 0 Å². The monoisotopic (exact) mass is 252 g/mol. The summed E-state index contributed by atoms with van der Waals surface area (Å²) in [6.07, 6.45) is 5.18. The third kappa shape index (κ3) is 2.86. The number of hydrogen-bond acceptors (Lipinski definition) is 2. The highest BCUT2D eigenvalue weighted by Gasteiger charge is 2.23. The second kappa shape index (κ2) is 5.18. The molecule has 17 heavy (non-hydrogen) atoms. The minimum atomic E-state index is 0.597. The predicted octanol–water partition coefficient (Wildman–Crippen LogP) is 3.94. The van der Waals surface area contributed by atoms with Gasteiger partial charge < -0.3 is 10.6 Å². The first-order valence-electron chi connectivity index (χ1n) is 6.36. The molecule has 2 N–H and O–H groups in total. The van der Waals surface area contributed by atoms with Gasteiger partial charge in [-0.25, -0.2) is 0 Å². The molecule has 0 spiro atoms. The Hall–Kier alpha value is -0.890. The molecule has 1 aliphatic rings. The molecule has 0 heterocycles. The number of nitrogens with zero attached hydrogens (tertiary/aromatic N) is 1. The molecule has 0 amide bonds. The van der Waals surface area contributed by atoms with E-state index in [1.807, 2.05) is 18.2 Å². The van der Waals surface area contributed by atoms with Gasteiger partial charge in [0.2, 0.25) is 0 Å². The molecule has 0 aromatic heterocycles. The summed E-state index contributed by atoms with van der Waals surface area (Å²) in [6, 6.07) is 6.30. The molecular weight excluding hydrogens is 232 g/mol. The molecule has 0 aliphatic heterocycles. The smallest absolute Gasteiger partial charge is 0.0614 e. The molecule has 1 saturated carbocycles. The van der Waals surface area contributed by atoms with Crippen molar-refractivity contribution in [2.75, 3.05) is 17.7 Å². The van der Waals surface area contributed by atoms with Gasteiger partial charge >= 0.3 is 0 Å². The van der Waals surface area contributed by atoms with Crippen LogP contribution in [-0.4, -0.2) is 13.1 Å². The average Bonchev–Trinajstić information content (AvgIpc) is 2.31. The van der Waals surface area contributed by atoms with E-state index < -0.39 is 0 Å². The van der Waals surface area contributed by atoms with Crippen LogP contribution in [0.4, 0.5) is 11.4 Å². The van der Waals surface area contributed by atoms with Gasteiger partial charge in [0.25, 0.3) is 0 Å². The van der Waals surface area contributed by atoms with E-state index in [-0.39, 0.29) is 0 Å². The number of anilines is 2. The summed E-state index contributed by atoms with van der Waals surface area (Å²) >= 11 is 6.05. The van der Waals surface area contributed by atoms with Crippen LogP contribution in [0.2, 0.25) is 5.02 Å². The van der Waals surface area contributed by atoms with Crippen molar-refractivity contribution < 1.29 is 0 Å². The van der Waals surface area contributed by atoms with Crippen LogP contribution >= 0.6 is 11.6 Å². The van der Waals surface area contributed by atoms with Crippen molar-refractivity contribution in [2.45, 2.75) is 38.6 Å². The molecule has 0 saturated heterocycles. The van der Waals surface area contributed by atoms with E-state index >= 15 is 0 Å². The van der Waals surface area contributed by atoms with E-state index in [1.165, 1.54) is 25.7 Å². The molecule has 2 nitrogen and oxygen atoms in total. The SMILES string of the molecule is CC1CCCC(N(C)c2cc(Cl)ccc2N)C1. The number of benzene rings is 1. The second-order valence-electron chi connectivity index (χ2n) is 5.24. The summed E-state index contributed by atoms with van der Waals surface area (Å²) in [5.41, 5.74) is 7.91. The number of nitrogen functional groups attached to an aromatic ring is 1. The zero-order chi connectivity index (χ0) is 12.4. The Morgan fingerprint density at radius 3 is 2.82 bits per heavy atom. The van der Waals surface area contributed by atoms with Crippen LogP contribution < -0.4 is 10.6 Å². The number of halogens is 1. The van der Waals surface area contributed by atoms with E-state index in [1.54, 1.807) is 0 Å². The summed E-state index contributed by atoms with van der Waals surface area (Å²) in [4.78, 5) is 2.30. The van der Waals surface area contributed by atoms with Crippen molar-refractivity contribution in [3.63, 3.8) is 0 Å². The third-order valence-electron chi connectivity index (χ3n) is 3.83. The Labute approximate surface area is 109 Å². The molecule has 1 aliphatic carbocycles. The van der Waals surface area contributed by atoms with Gasteiger partial charge in [-0.15, -0.1) is 0 Å². The molecule has 2 rings (SSSR count). The van der Waals surface area contributed by atoms with Gasteiger partial charge in [-0.1, -0.05) is 31.4 Å². The lowest BCUT2D eigenvalue weighted by atomic mass is 9.86. The van der Waals surface area contributed by atoms with E-state index in [9.17, 15) is 0 Å². The molecule has 3 heteroatoms. The van der Waals surface area contributed by atoms with Gasteiger partial charge in [-0.05, 0) is 37.0 Å². The van der Waals surface area contributed by atoms with Crippen LogP contribution in [0, 0.1) is 5.92 Å². The normalized spacial score (nSPS) is 24.6. The average molecular weight is 253 g/mol. The third-order valence-corrected chi connectivity index (χ3v) is 4.06. The molecule has 2 unspecified atom stereocenters. The summed E-state index contributed by atoms with van der Waals surface area (Å²) in [5, 5.41) is 0.755. The zero-order valence-electron chi connectivity index (χ0n) is 10.6. The van der Waals surface area contributed by atoms with Crippen LogP contribution in [0.25, 0.3) is 0 Å². The van der Waals surface area contributed by atoms with Gasteiger partial charge in [0.05, 0.1) is 11.4 Å². The fourth-order valence-corrected chi connectivity index (χ4v) is 2.94. The van der Waals surface area contributed by atoms with Crippen LogP contribution in [0.5, 0.6) is 0 Å². The molecule has 1 aromatic rings. The van der Waals surface area contributed by atoms with Gasteiger partial charge in [-0.2, -0.15) is 0 Å².